The van der Waals surface area contributed by atoms with E-state index in [0.29, 0.717) is 36.2 Å². The maximum Gasteiger partial charge on any atom is 0.307 e. The molecule has 1 fully saturated rings. The monoisotopic (exact) mass is 371 g/mol. The van der Waals surface area contributed by atoms with Gasteiger partial charge in [-0.2, -0.15) is 0 Å². The van der Waals surface area contributed by atoms with Gasteiger partial charge < -0.3 is 4.74 Å². The number of methoxy groups -OCH3 is 1. The summed E-state index contributed by atoms with van der Waals surface area (Å²) in [4.78, 5) is 50.5. The van der Waals surface area contributed by atoms with Gasteiger partial charge in [0.2, 0.25) is 0 Å². The SMILES string of the molecule is COC(=O)CC(CCCC1CCCCC1=O)N1C(=O)c2ccccc2C1=O. The van der Waals surface area contributed by atoms with E-state index < -0.39 is 12.0 Å². The fourth-order valence-corrected chi connectivity index (χ4v) is 4.10. The van der Waals surface area contributed by atoms with Gasteiger partial charge in [0.1, 0.15) is 5.78 Å². The largest absolute Gasteiger partial charge is 0.469 e. The summed E-state index contributed by atoms with van der Waals surface area (Å²) in [6.07, 6.45) is 5.48. The molecule has 1 aromatic carbocycles. The first-order chi connectivity index (χ1) is 13.0. The molecule has 0 spiro atoms. The van der Waals surface area contributed by atoms with Gasteiger partial charge >= 0.3 is 5.97 Å². The third-order valence-corrected chi connectivity index (χ3v) is 5.59. The highest BCUT2D eigenvalue weighted by molar-refractivity contribution is 6.21. The Labute approximate surface area is 158 Å². The molecule has 0 saturated heterocycles. The van der Waals surface area contributed by atoms with E-state index in [1.54, 1.807) is 24.3 Å². The van der Waals surface area contributed by atoms with Crippen LogP contribution < -0.4 is 0 Å². The van der Waals surface area contributed by atoms with E-state index in [9.17, 15) is 19.2 Å². The molecule has 2 atom stereocenters. The van der Waals surface area contributed by atoms with Crippen LogP contribution in [0.3, 0.4) is 0 Å². The number of benzene rings is 1. The Morgan fingerprint density at radius 2 is 1.81 bits per heavy atom. The molecule has 2 unspecified atom stereocenters. The molecule has 1 aromatic rings. The van der Waals surface area contributed by atoms with Crippen molar-refractivity contribution in [3.05, 3.63) is 35.4 Å². The lowest BCUT2D eigenvalue weighted by molar-refractivity contribution is -0.141. The van der Waals surface area contributed by atoms with Gasteiger partial charge in [-0.05, 0) is 37.8 Å². The summed E-state index contributed by atoms with van der Waals surface area (Å²) in [5.74, 6) is -0.798. The normalized spacial score (nSPS) is 20.6. The van der Waals surface area contributed by atoms with E-state index >= 15 is 0 Å². The average Bonchev–Trinajstić information content (AvgIpc) is 2.93. The minimum Gasteiger partial charge on any atom is -0.469 e. The van der Waals surface area contributed by atoms with Crippen LogP contribution in [0.4, 0.5) is 0 Å². The van der Waals surface area contributed by atoms with Crippen molar-refractivity contribution in [3.8, 4) is 0 Å². The molecule has 3 rings (SSSR count). The molecule has 1 heterocycles. The molecule has 0 N–H and O–H groups in total. The zero-order chi connectivity index (χ0) is 19.4. The third-order valence-electron chi connectivity index (χ3n) is 5.59. The Balaban J connectivity index is 1.70. The Kier molecular flexibility index (Phi) is 6.04. The maximum absolute atomic E-state index is 12.7. The number of Topliss-reactive ketones (excluding diaryl/α,β-unsaturated/α-hetero) is 1. The topological polar surface area (TPSA) is 80.8 Å². The van der Waals surface area contributed by atoms with Crippen molar-refractivity contribution in [2.75, 3.05) is 7.11 Å². The van der Waals surface area contributed by atoms with Gasteiger partial charge in [0.15, 0.2) is 0 Å². The number of hydrogen-bond acceptors (Lipinski definition) is 5. The summed E-state index contributed by atoms with van der Waals surface area (Å²) in [6.45, 7) is 0. The van der Waals surface area contributed by atoms with Gasteiger partial charge in [-0.3, -0.25) is 24.1 Å². The number of carbonyl (C=O) groups excluding carboxylic acids is 4. The quantitative estimate of drug-likeness (QED) is 0.543. The molecular weight excluding hydrogens is 346 g/mol. The van der Waals surface area contributed by atoms with Gasteiger partial charge in [0.25, 0.3) is 11.8 Å². The van der Waals surface area contributed by atoms with Crippen molar-refractivity contribution in [3.63, 3.8) is 0 Å². The molecule has 0 bridgehead atoms. The number of nitrogens with zero attached hydrogens (tertiary/aromatic N) is 1. The number of esters is 1. The lowest BCUT2D eigenvalue weighted by Crippen LogP contribution is -2.41. The van der Waals surface area contributed by atoms with Crippen molar-refractivity contribution in [1.82, 2.24) is 4.90 Å². The van der Waals surface area contributed by atoms with Crippen LogP contribution in [0.25, 0.3) is 0 Å². The number of ketones is 1. The Morgan fingerprint density at radius 3 is 2.41 bits per heavy atom. The molecule has 2 amide bonds. The second-order valence-electron chi connectivity index (χ2n) is 7.30. The molecular formula is C21H25NO5. The molecule has 2 aliphatic rings. The van der Waals surface area contributed by atoms with Crippen LogP contribution in [-0.4, -0.2) is 41.6 Å². The number of hydrogen-bond donors (Lipinski definition) is 0. The van der Waals surface area contributed by atoms with Gasteiger partial charge in [0.05, 0.1) is 30.7 Å². The first kappa shape index (κ1) is 19.3. The summed E-state index contributed by atoms with van der Waals surface area (Å²) < 4.78 is 4.76. The fourth-order valence-electron chi connectivity index (χ4n) is 4.10. The van der Waals surface area contributed by atoms with Crippen molar-refractivity contribution in [2.45, 2.75) is 57.4 Å². The van der Waals surface area contributed by atoms with E-state index in [2.05, 4.69) is 0 Å². The second-order valence-corrected chi connectivity index (χ2v) is 7.30. The highest BCUT2D eigenvalue weighted by Gasteiger charge is 2.40. The highest BCUT2D eigenvalue weighted by atomic mass is 16.5. The van der Waals surface area contributed by atoms with Crippen LogP contribution in [0.15, 0.2) is 24.3 Å². The number of fused-ring (bicyclic) bond motifs is 1. The van der Waals surface area contributed by atoms with Crippen molar-refractivity contribution >= 4 is 23.6 Å². The van der Waals surface area contributed by atoms with Crippen LogP contribution in [0.1, 0.15) is 72.1 Å². The minimum absolute atomic E-state index is 0.0272. The molecule has 144 valence electrons. The van der Waals surface area contributed by atoms with Gasteiger partial charge in [-0.1, -0.05) is 25.0 Å². The van der Waals surface area contributed by atoms with Gasteiger partial charge in [0, 0.05) is 12.3 Å². The minimum atomic E-state index is -0.552. The van der Waals surface area contributed by atoms with Crippen LogP contribution in [-0.2, 0) is 14.3 Å². The van der Waals surface area contributed by atoms with E-state index in [1.165, 1.54) is 12.0 Å². The molecule has 6 nitrogen and oxygen atoms in total. The van der Waals surface area contributed by atoms with Gasteiger partial charge in [-0.25, -0.2) is 0 Å². The van der Waals surface area contributed by atoms with Crippen LogP contribution in [0, 0.1) is 5.92 Å². The Morgan fingerprint density at radius 1 is 1.15 bits per heavy atom. The smallest absolute Gasteiger partial charge is 0.307 e. The lowest BCUT2D eigenvalue weighted by atomic mass is 9.84. The average molecular weight is 371 g/mol. The maximum atomic E-state index is 12.7. The summed E-state index contributed by atoms with van der Waals surface area (Å²) in [5.41, 5.74) is 0.750. The van der Waals surface area contributed by atoms with Crippen LogP contribution in [0.2, 0.25) is 0 Å². The number of ether oxygens (including phenoxy) is 1. The highest BCUT2D eigenvalue weighted by Crippen LogP contribution is 2.30. The van der Waals surface area contributed by atoms with E-state index in [4.69, 9.17) is 4.74 Å². The Bertz CT molecular complexity index is 722. The van der Waals surface area contributed by atoms with Crippen molar-refractivity contribution in [2.24, 2.45) is 5.92 Å². The first-order valence-corrected chi connectivity index (χ1v) is 9.59. The second kappa shape index (κ2) is 8.46. The molecule has 0 radical (unpaired) electrons. The predicted octanol–water partition coefficient (Wildman–Crippen LogP) is 3.14. The first-order valence-electron chi connectivity index (χ1n) is 9.59. The van der Waals surface area contributed by atoms with Crippen LogP contribution in [0.5, 0.6) is 0 Å². The Hall–Kier alpha value is -2.50. The molecule has 1 saturated carbocycles. The summed E-state index contributed by atoms with van der Waals surface area (Å²) in [5, 5.41) is 0. The van der Waals surface area contributed by atoms with Crippen molar-refractivity contribution < 1.29 is 23.9 Å². The zero-order valence-corrected chi connectivity index (χ0v) is 15.6. The lowest BCUT2D eigenvalue weighted by Gasteiger charge is -2.26. The van der Waals surface area contributed by atoms with E-state index in [1.807, 2.05) is 0 Å². The molecule has 6 heteroatoms. The summed E-state index contributed by atoms with van der Waals surface area (Å²) >= 11 is 0. The summed E-state index contributed by atoms with van der Waals surface area (Å²) in [7, 11) is 1.29. The van der Waals surface area contributed by atoms with E-state index in [-0.39, 0.29) is 24.2 Å². The molecule has 0 aromatic heterocycles. The number of carbonyl (C=O) groups is 4. The third kappa shape index (κ3) is 4.10. The zero-order valence-electron chi connectivity index (χ0n) is 15.6. The van der Waals surface area contributed by atoms with E-state index in [0.717, 1.165) is 25.7 Å². The van der Waals surface area contributed by atoms with Gasteiger partial charge in [-0.15, -0.1) is 0 Å². The molecule has 27 heavy (non-hydrogen) atoms. The summed E-state index contributed by atoms with van der Waals surface area (Å²) in [6, 6.07) is 6.15. The predicted molar refractivity (Wildman–Crippen MR) is 98.2 cm³/mol. The molecule has 1 aliphatic heterocycles. The van der Waals surface area contributed by atoms with Crippen LogP contribution >= 0.6 is 0 Å². The number of rotatable bonds is 7. The number of imide groups is 1. The number of amides is 2. The standard InChI is InChI=1S/C21H25NO5/c1-27-19(24)13-15(9-6-8-14-7-2-5-12-18(14)23)22-20(25)16-10-3-4-11-17(16)21(22)26/h3-4,10-11,14-15H,2,5-9,12-13H2,1H3. The van der Waals surface area contributed by atoms with Crippen molar-refractivity contribution in [1.29, 1.82) is 0 Å². The fraction of sp³-hybridized carbons (Fsp3) is 0.524. The molecule has 1 aliphatic carbocycles.